The van der Waals surface area contributed by atoms with Gasteiger partial charge in [0.05, 0.1) is 11.6 Å². The number of nitriles is 1. The number of fused-ring (bicyclic) bond motifs is 1. The maximum atomic E-state index is 9.11. The molecule has 3 rings (SSSR count). The van der Waals surface area contributed by atoms with Crippen molar-refractivity contribution < 1.29 is 0 Å². The highest BCUT2D eigenvalue weighted by atomic mass is 14.9. The van der Waals surface area contributed by atoms with Gasteiger partial charge in [0, 0.05) is 23.6 Å². The Balaban J connectivity index is 1.74. The van der Waals surface area contributed by atoms with E-state index in [1.165, 1.54) is 5.56 Å². The van der Waals surface area contributed by atoms with E-state index in [0.717, 1.165) is 35.9 Å². The lowest BCUT2D eigenvalue weighted by atomic mass is 10.1. The van der Waals surface area contributed by atoms with Gasteiger partial charge in [0.1, 0.15) is 0 Å². The molecule has 0 aliphatic heterocycles. The second-order valence-corrected chi connectivity index (χ2v) is 4.95. The fourth-order valence-corrected chi connectivity index (χ4v) is 2.61. The first kappa shape index (κ1) is 12.5. The summed E-state index contributed by atoms with van der Waals surface area (Å²) >= 11 is 0. The number of aromatic nitrogens is 1. The maximum absolute atomic E-state index is 9.11. The van der Waals surface area contributed by atoms with Crippen molar-refractivity contribution in [3.05, 3.63) is 71.9 Å². The molecule has 1 heterocycles. The van der Waals surface area contributed by atoms with Gasteiger partial charge in [-0.15, -0.1) is 0 Å². The third kappa shape index (κ3) is 2.44. The first-order chi connectivity index (χ1) is 9.88. The van der Waals surface area contributed by atoms with Crippen LogP contribution in [0, 0.1) is 11.3 Å². The van der Waals surface area contributed by atoms with Gasteiger partial charge in [-0.1, -0.05) is 36.4 Å². The summed E-state index contributed by atoms with van der Waals surface area (Å²) in [5.41, 5.74) is 3.28. The first-order valence-electron chi connectivity index (χ1n) is 6.90. The molecule has 0 N–H and O–H groups in total. The van der Waals surface area contributed by atoms with Crippen molar-refractivity contribution in [2.75, 3.05) is 0 Å². The lowest BCUT2D eigenvalue weighted by Gasteiger charge is -2.06. The van der Waals surface area contributed by atoms with Crippen molar-refractivity contribution in [2.24, 2.45) is 0 Å². The molecule has 0 aliphatic rings. The fourth-order valence-electron chi connectivity index (χ4n) is 2.61. The van der Waals surface area contributed by atoms with E-state index in [9.17, 15) is 0 Å². The summed E-state index contributed by atoms with van der Waals surface area (Å²) in [6.07, 6.45) is 4.26. The van der Waals surface area contributed by atoms with Gasteiger partial charge in [-0.3, -0.25) is 0 Å². The topological polar surface area (TPSA) is 28.7 Å². The molecule has 2 aromatic carbocycles. The monoisotopic (exact) mass is 260 g/mol. The Morgan fingerprint density at radius 2 is 1.80 bits per heavy atom. The highest BCUT2D eigenvalue weighted by molar-refractivity contribution is 5.85. The van der Waals surface area contributed by atoms with Crippen LogP contribution in [0.25, 0.3) is 10.9 Å². The van der Waals surface area contributed by atoms with E-state index in [1.54, 1.807) is 0 Å². The van der Waals surface area contributed by atoms with E-state index in [1.807, 2.05) is 24.3 Å². The quantitative estimate of drug-likeness (QED) is 0.693. The highest BCUT2D eigenvalue weighted by Gasteiger charge is 2.04. The van der Waals surface area contributed by atoms with E-state index in [4.69, 9.17) is 5.26 Å². The van der Waals surface area contributed by atoms with Gasteiger partial charge >= 0.3 is 0 Å². The molecule has 0 saturated heterocycles. The van der Waals surface area contributed by atoms with Crippen LogP contribution in [0.4, 0.5) is 0 Å². The van der Waals surface area contributed by atoms with Crippen LogP contribution in [0.2, 0.25) is 0 Å². The van der Waals surface area contributed by atoms with Crippen LogP contribution in [-0.2, 0) is 13.0 Å². The minimum Gasteiger partial charge on any atom is -0.347 e. The molecule has 0 amide bonds. The predicted octanol–water partition coefficient (Wildman–Crippen LogP) is 4.15. The Morgan fingerprint density at radius 1 is 0.950 bits per heavy atom. The van der Waals surface area contributed by atoms with Crippen molar-refractivity contribution in [3.8, 4) is 6.07 Å². The molecule has 0 bridgehead atoms. The molecule has 1 aromatic heterocycles. The Bertz CT molecular complexity index is 748. The molecule has 20 heavy (non-hydrogen) atoms. The summed E-state index contributed by atoms with van der Waals surface area (Å²) in [6, 6.07) is 20.7. The van der Waals surface area contributed by atoms with E-state index in [0.29, 0.717) is 0 Å². The first-order valence-corrected chi connectivity index (χ1v) is 6.90. The highest BCUT2D eigenvalue weighted by Crippen LogP contribution is 2.20. The van der Waals surface area contributed by atoms with Crippen molar-refractivity contribution in [3.63, 3.8) is 0 Å². The molecule has 0 atom stereocenters. The van der Waals surface area contributed by atoms with E-state index >= 15 is 0 Å². The summed E-state index contributed by atoms with van der Waals surface area (Å²) in [4.78, 5) is 0. The Labute approximate surface area is 118 Å². The summed E-state index contributed by atoms with van der Waals surface area (Å²) in [5.74, 6) is 0. The van der Waals surface area contributed by atoms with E-state index in [-0.39, 0.29) is 0 Å². The smallest absolute Gasteiger partial charge is 0.0998 e. The Morgan fingerprint density at radius 3 is 2.60 bits per heavy atom. The molecule has 3 aromatic rings. The van der Waals surface area contributed by atoms with Gasteiger partial charge in [-0.25, -0.2) is 0 Å². The van der Waals surface area contributed by atoms with Crippen LogP contribution in [-0.4, -0.2) is 4.57 Å². The molecule has 0 unspecified atom stereocenters. The van der Waals surface area contributed by atoms with E-state index < -0.39 is 0 Å². The molecule has 0 fully saturated rings. The third-order valence-corrected chi connectivity index (χ3v) is 3.64. The number of hydrogen-bond acceptors (Lipinski definition) is 1. The molecule has 0 saturated carbocycles. The largest absolute Gasteiger partial charge is 0.347 e. The maximum Gasteiger partial charge on any atom is 0.0998 e. The number of aryl methyl sites for hydroxylation is 2. The minimum absolute atomic E-state index is 0.754. The minimum atomic E-state index is 0.754. The van der Waals surface area contributed by atoms with Crippen molar-refractivity contribution >= 4 is 10.9 Å². The van der Waals surface area contributed by atoms with Crippen LogP contribution < -0.4 is 0 Å². The normalized spacial score (nSPS) is 10.6. The number of hydrogen-bond donors (Lipinski definition) is 0. The lowest BCUT2D eigenvalue weighted by Crippen LogP contribution is -1.98. The molecule has 0 radical (unpaired) electrons. The van der Waals surface area contributed by atoms with Gasteiger partial charge in [0.15, 0.2) is 0 Å². The van der Waals surface area contributed by atoms with Gasteiger partial charge in [0.2, 0.25) is 0 Å². The predicted molar refractivity (Wildman–Crippen MR) is 81.4 cm³/mol. The van der Waals surface area contributed by atoms with Gasteiger partial charge in [-0.2, -0.15) is 5.26 Å². The van der Waals surface area contributed by atoms with Crippen molar-refractivity contribution in [1.29, 1.82) is 5.26 Å². The average Bonchev–Trinajstić information content (AvgIpc) is 2.92. The van der Waals surface area contributed by atoms with Crippen LogP contribution in [0.3, 0.4) is 0 Å². The van der Waals surface area contributed by atoms with Crippen molar-refractivity contribution in [2.45, 2.75) is 19.4 Å². The standard InChI is InChI=1S/C18H16N2/c19-14-16-9-4-10-18-17(16)11-13-20(18)12-5-8-15-6-2-1-3-7-15/h1-4,6-7,9-11,13H,5,8,12H2. The van der Waals surface area contributed by atoms with Crippen LogP contribution in [0.15, 0.2) is 60.8 Å². The molecule has 98 valence electrons. The SMILES string of the molecule is N#Cc1cccc2c1ccn2CCCc1ccccc1. The lowest BCUT2D eigenvalue weighted by molar-refractivity contribution is 0.662. The van der Waals surface area contributed by atoms with Crippen LogP contribution in [0.5, 0.6) is 0 Å². The summed E-state index contributed by atoms with van der Waals surface area (Å²) < 4.78 is 2.24. The molecular weight excluding hydrogens is 244 g/mol. The van der Waals surface area contributed by atoms with Crippen LogP contribution in [0.1, 0.15) is 17.5 Å². The second kappa shape index (κ2) is 5.63. The van der Waals surface area contributed by atoms with Crippen LogP contribution >= 0.6 is 0 Å². The molecule has 2 nitrogen and oxygen atoms in total. The number of benzene rings is 2. The van der Waals surface area contributed by atoms with E-state index in [2.05, 4.69) is 47.2 Å². The van der Waals surface area contributed by atoms with Gasteiger partial charge < -0.3 is 4.57 Å². The number of nitrogens with zero attached hydrogens (tertiary/aromatic N) is 2. The summed E-state index contributed by atoms with van der Waals surface area (Å²) in [6.45, 7) is 0.979. The average molecular weight is 260 g/mol. The summed E-state index contributed by atoms with van der Waals surface area (Å²) in [7, 11) is 0. The third-order valence-electron chi connectivity index (χ3n) is 3.64. The zero-order valence-electron chi connectivity index (χ0n) is 11.3. The molecule has 0 aliphatic carbocycles. The van der Waals surface area contributed by atoms with Crippen molar-refractivity contribution in [1.82, 2.24) is 4.57 Å². The zero-order valence-corrected chi connectivity index (χ0v) is 11.3. The fraction of sp³-hybridized carbons (Fsp3) is 0.167. The number of rotatable bonds is 4. The molecule has 0 spiro atoms. The molecular formula is C18H16N2. The van der Waals surface area contributed by atoms with Gasteiger partial charge in [-0.05, 0) is 36.6 Å². The zero-order chi connectivity index (χ0) is 13.8. The Hall–Kier alpha value is -2.53. The molecule has 2 heteroatoms. The summed E-state index contributed by atoms with van der Waals surface area (Å²) in [5, 5.41) is 10.2. The van der Waals surface area contributed by atoms with Gasteiger partial charge in [0.25, 0.3) is 0 Å². The second-order valence-electron chi connectivity index (χ2n) is 4.95. The Kier molecular flexibility index (Phi) is 3.52.